The van der Waals surface area contributed by atoms with Gasteiger partial charge in [-0.2, -0.15) is 0 Å². The van der Waals surface area contributed by atoms with Crippen LogP contribution < -0.4 is 0 Å². The SMILES string of the molecule is C#Cc1cc(CC)cc2cc(O)cc(C)c12. The maximum Gasteiger partial charge on any atom is 0.116 e. The molecule has 0 fully saturated rings. The maximum atomic E-state index is 9.59. The molecule has 0 spiro atoms. The van der Waals surface area contributed by atoms with Gasteiger partial charge in [0.1, 0.15) is 5.75 Å². The molecule has 0 heterocycles. The molecule has 0 saturated carbocycles. The van der Waals surface area contributed by atoms with Crippen LogP contribution in [0.25, 0.3) is 10.8 Å². The molecule has 0 radical (unpaired) electrons. The summed E-state index contributed by atoms with van der Waals surface area (Å²) in [6, 6.07) is 7.65. The zero-order chi connectivity index (χ0) is 11.7. The van der Waals surface area contributed by atoms with Crippen molar-refractivity contribution in [1.82, 2.24) is 0 Å². The van der Waals surface area contributed by atoms with Gasteiger partial charge in [-0.3, -0.25) is 0 Å². The van der Waals surface area contributed by atoms with Gasteiger partial charge in [-0.05, 0) is 48.1 Å². The molecule has 80 valence electrons. The van der Waals surface area contributed by atoms with Crippen molar-refractivity contribution in [2.24, 2.45) is 0 Å². The molecule has 0 aliphatic rings. The quantitative estimate of drug-likeness (QED) is 0.715. The standard InChI is InChI=1S/C15H14O/c1-4-11-7-12(5-2)15-10(3)6-14(16)9-13(15)8-11/h2,6-9,16H,4H2,1,3H3. The van der Waals surface area contributed by atoms with E-state index in [0.29, 0.717) is 5.75 Å². The number of rotatable bonds is 1. The maximum absolute atomic E-state index is 9.59. The van der Waals surface area contributed by atoms with Gasteiger partial charge in [0.2, 0.25) is 0 Å². The Balaban J connectivity index is 2.91. The first-order valence-corrected chi connectivity index (χ1v) is 5.38. The molecular weight excluding hydrogens is 196 g/mol. The molecule has 2 aromatic rings. The van der Waals surface area contributed by atoms with Crippen LogP contribution in [0.15, 0.2) is 24.3 Å². The summed E-state index contributed by atoms with van der Waals surface area (Å²) >= 11 is 0. The first-order chi connectivity index (χ1) is 7.65. The van der Waals surface area contributed by atoms with Crippen LogP contribution in [0.2, 0.25) is 0 Å². The molecule has 0 unspecified atom stereocenters. The van der Waals surface area contributed by atoms with E-state index in [4.69, 9.17) is 6.42 Å². The van der Waals surface area contributed by atoms with E-state index in [1.54, 1.807) is 12.1 Å². The van der Waals surface area contributed by atoms with E-state index in [9.17, 15) is 5.11 Å². The molecule has 1 N–H and O–H groups in total. The van der Waals surface area contributed by atoms with Crippen LogP contribution in [0.5, 0.6) is 5.75 Å². The smallest absolute Gasteiger partial charge is 0.116 e. The summed E-state index contributed by atoms with van der Waals surface area (Å²) in [4.78, 5) is 0. The molecule has 2 rings (SSSR count). The minimum Gasteiger partial charge on any atom is -0.508 e. The lowest BCUT2D eigenvalue weighted by Gasteiger charge is -2.08. The fourth-order valence-corrected chi connectivity index (χ4v) is 2.09. The molecule has 0 aliphatic heterocycles. The van der Waals surface area contributed by atoms with E-state index in [1.165, 1.54) is 5.56 Å². The second-order valence-electron chi connectivity index (χ2n) is 4.00. The van der Waals surface area contributed by atoms with Crippen molar-refractivity contribution in [2.45, 2.75) is 20.3 Å². The Labute approximate surface area is 95.7 Å². The lowest BCUT2D eigenvalue weighted by atomic mass is 9.96. The summed E-state index contributed by atoms with van der Waals surface area (Å²) in [5.74, 6) is 3.02. The highest BCUT2D eigenvalue weighted by Gasteiger charge is 2.06. The second-order valence-corrected chi connectivity index (χ2v) is 4.00. The Kier molecular flexibility index (Phi) is 2.58. The number of fused-ring (bicyclic) bond motifs is 1. The average molecular weight is 210 g/mol. The highest BCUT2D eigenvalue weighted by Crippen LogP contribution is 2.28. The molecular formula is C15H14O. The molecule has 0 aliphatic carbocycles. The van der Waals surface area contributed by atoms with E-state index < -0.39 is 0 Å². The topological polar surface area (TPSA) is 20.2 Å². The molecule has 0 saturated heterocycles. The third kappa shape index (κ3) is 1.63. The van der Waals surface area contributed by atoms with Crippen molar-refractivity contribution in [2.75, 3.05) is 0 Å². The highest BCUT2D eigenvalue weighted by molar-refractivity contribution is 5.92. The molecule has 0 amide bonds. The predicted molar refractivity (Wildman–Crippen MR) is 67.7 cm³/mol. The van der Waals surface area contributed by atoms with Crippen LogP contribution in [0.4, 0.5) is 0 Å². The van der Waals surface area contributed by atoms with Crippen LogP contribution in [0.3, 0.4) is 0 Å². The van der Waals surface area contributed by atoms with Crippen LogP contribution in [0.1, 0.15) is 23.6 Å². The average Bonchev–Trinajstić information content (AvgIpc) is 2.26. The van der Waals surface area contributed by atoms with Gasteiger partial charge in [-0.15, -0.1) is 6.42 Å². The van der Waals surface area contributed by atoms with Crippen molar-refractivity contribution in [3.8, 4) is 18.1 Å². The summed E-state index contributed by atoms with van der Waals surface area (Å²) in [5.41, 5.74) is 3.13. The Hall–Kier alpha value is -1.94. The molecule has 0 atom stereocenters. The fraction of sp³-hybridized carbons (Fsp3) is 0.200. The van der Waals surface area contributed by atoms with Crippen molar-refractivity contribution in [3.63, 3.8) is 0 Å². The van der Waals surface area contributed by atoms with Gasteiger partial charge in [0, 0.05) is 10.9 Å². The molecule has 1 nitrogen and oxygen atoms in total. The lowest BCUT2D eigenvalue weighted by Crippen LogP contribution is -1.89. The van der Waals surface area contributed by atoms with Crippen LogP contribution in [0, 0.1) is 19.3 Å². The van der Waals surface area contributed by atoms with Gasteiger partial charge in [0.25, 0.3) is 0 Å². The normalized spacial score (nSPS) is 10.3. The molecule has 2 aromatic carbocycles. The molecule has 0 bridgehead atoms. The Morgan fingerprint density at radius 1 is 1.25 bits per heavy atom. The summed E-state index contributed by atoms with van der Waals surface area (Å²) in [6.45, 7) is 4.06. The van der Waals surface area contributed by atoms with Crippen LogP contribution in [-0.4, -0.2) is 5.11 Å². The van der Waals surface area contributed by atoms with Crippen molar-refractivity contribution in [1.29, 1.82) is 0 Å². The van der Waals surface area contributed by atoms with Gasteiger partial charge in [-0.1, -0.05) is 18.9 Å². The van der Waals surface area contributed by atoms with E-state index in [0.717, 1.165) is 28.3 Å². The Bertz CT molecular complexity index is 588. The first-order valence-electron chi connectivity index (χ1n) is 5.38. The summed E-state index contributed by atoms with van der Waals surface area (Å²) in [7, 11) is 0. The first kappa shape index (κ1) is 10.6. The zero-order valence-electron chi connectivity index (χ0n) is 9.54. The van der Waals surface area contributed by atoms with E-state index >= 15 is 0 Å². The number of hydrogen-bond donors (Lipinski definition) is 1. The van der Waals surface area contributed by atoms with Crippen LogP contribution in [-0.2, 0) is 6.42 Å². The number of phenolic OH excluding ortho intramolecular Hbond substituents is 1. The lowest BCUT2D eigenvalue weighted by molar-refractivity contribution is 0.476. The van der Waals surface area contributed by atoms with Gasteiger partial charge >= 0.3 is 0 Å². The van der Waals surface area contributed by atoms with Gasteiger partial charge < -0.3 is 5.11 Å². The number of benzene rings is 2. The third-order valence-electron chi connectivity index (χ3n) is 2.85. The zero-order valence-corrected chi connectivity index (χ0v) is 9.54. The van der Waals surface area contributed by atoms with E-state index in [1.807, 2.05) is 13.0 Å². The second kappa shape index (κ2) is 3.90. The number of aryl methyl sites for hydroxylation is 2. The van der Waals surface area contributed by atoms with E-state index in [-0.39, 0.29) is 0 Å². The van der Waals surface area contributed by atoms with Crippen molar-refractivity contribution >= 4 is 10.8 Å². The highest BCUT2D eigenvalue weighted by atomic mass is 16.3. The molecule has 1 heteroatoms. The van der Waals surface area contributed by atoms with Gasteiger partial charge in [-0.25, -0.2) is 0 Å². The predicted octanol–water partition coefficient (Wildman–Crippen LogP) is 3.40. The largest absolute Gasteiger partial charge is 0.508 e. The Morgan fingerprint density at radius 3 is 2.62 bits per heavy atom. The third-order valence-corrected chi connectivity index (χ3v) is 2.85. The minimum absolute atomic E-state index is 0.293. The monoisotopic (exact) mass is 210 g/mol. The Morgan fingerprint density at radius 2 is 2.00 bits per heavy atom. The minimum atomic E-state index is 0.293. The van der Waals surface area contributed by atoms with Crippen molar-refractivity contribution < 1.29 is 5.11 Å². The summed E-state index contributed by atoms with van der Waals surface area (Å²) in [6.07, 6.45) is 6.48. The summed E-state index contributed by atoms with van der Waals surface area (Å²) in [5, 5.41) is 11.7. The summed E-state index contributed by atoms with van der Waals surface area (Å²) < 4.78 is 0. The number of hydrogen-bond acceptors (Lipinski definition) is 1. The molecule has 0 aromatic heterocycles. The van der Waals surface area contributed by atoms with Gasteiger partial charge in [0.15, 0.2) is 0 Å². The van der Waals surface area contributed by atoms with Crippen LogP contribution >= 0.6 is 0 Å². The van der Waals surface area contributed by atoms with Gasteiger partial charge in [0.05, 0.1) is 0 Å². The fourth-order valence-electron chi connectivity index (χ4n) is 2.09. The van der Waals surface area contributed by atoms with Crippen molar-refractivity contribution in [3.05, 3.63) is 41.0 Å². The molecule has 16 heavy (non-hydrogen) atoms. The van der Waals surface area contributed by atoms with E-state index in [2.05, 4.69) is 18.9 Å². The number of terminal acetylenes is 1. The number of aromatic hydroxyl groups is 1. The number of phenols is 1.